The summed E-state index contributed by atoms with van der Waals surface area (Å²) in [7, 11) is 3.20. The summed E-state index contributed by atoms with van der Waals surface area (Å²) < 4.78 is 10.7. The van der Waals surface area contributed by atoms with Crippen LogP contribution in [0.1, 0.15) is 18.9 Å². The highest BCUT2D eigenvalue weighted by Crippen LogP contribution is 2.34. The third-order valence-electron chi connectivity index (χ3n) is 3.91. The van der Waals surface area contributed by atoms with Crippen LogP contribution in [0.4, 0.5) is 0 Å². The number of nitrogens with zero attached hydrogens (tertiary/aromatic N) is 1. The highest BCUT2D eigenvalue weighted by Gasteiger charge is 2.36. The predicted octanol–water partition coefficient (Wildman–Crippen LogP) is 2.00. The Morgan fingerprint density at radius 2 is 2.15 bits per heavy atom. The smallest absolute Gasteiger partial charge is 0.321 e. The molecule has 1 aliphatic rings. The van der Waals surface area contributed by atoms with E-state index in [1.54, 1.807) is 14.2 Å². The Hall–Kier alpha value is -1.75. The van der Waals surface area contributed by atoms with Gasteiger partial charge < -0.3 is 14.6 Å². The molecular weight excluding hydrogens is 258 g/mol. The molecule has 1 aromatic rings. The fourth-order valence-electron chi connectivity index (χ4n) is 2.90. The van der Waals surface area contributed by atoms with E-state index in [0.29, 0.717) is 18.0 Å². The van der Waals surface area contributed by atoms with Crippen LogP contribution in [0.2, 0.25) is 0 Å². The second-order valence-corrected chi connectivity index (χ2v) is 5.17. The van der Waals surface area contributed by atoms with Crippen molar-refractivity contribution in [3.63, 3.8) is 0 Å². The highest BCUT2D eigenvalue weighted by atomic mass is 16.5. The van der Waals surface area contributed by atoms with Crippen LogP contribution in [0.3, 0.4) is 0 Å². The molecule has 0 bridgehead atoms. The first-order valence-electron chi connectivity index (χ1n) is 6.75. The van der Waals surface area contributed by atoms with Gasteiger partial charge in [0.25, 0.3) is 0 Å². The van der Waals surface area contributed by atoms with Crippen LogP contribution in [0.25, 0.3) is 0 Å². The molecule has 1 heterocycles. The molecule has 0 aliphatic carbocycles. The molecule has 0 spiro atoms. The summed E-state index contributed by atoms with van der Waals surface area (Å²) in [5.74, 6) is 0.767. The molecule has 0 aromatic heterocycles. The van der Waals surface area contributed by atoms with E-state index in [0.717, 1.165) is 18.5 Å². The molecule has 0 radical (unpaired) electrons. The lowest BCUT2D eigenvalue weighted by molar-refractivity contribution is -0.143. The fourth-order valence-corrected chi connectivity index (χ4v) is 2.90. The number of likely N-dealkylation sites (tertiary alicyclic amines) is 1. The number of aliphatic carboxylic acids is 1. The van der Waals surface area contributed by atoms with E-state index in [2.05, 4.69) is 0 Å². The van der Waals surface area contributed by atoms with Crippen molar-refractivity contribution in [1.82, 2.24) is 4.90 Å². The van der Waals surface area contributed by atoms with E-state index in [-0.39, 0.29) is 5.92 Å². The summed E-state index contributed by atoms with van der Waals surface area (Å²) in [5.41, 5.74) is 0.951. The second-order valence-electron chi connectivity index (χ2n) is 5.17. The molecule has 1 N–H and O–H groups in total. The Labute approximate surface area is 119 Å². The van der Waals surface area contributed by atoms with Gasteiger partial charge in [0.1, 0.15) is 6.04 Å². The normalized spacial score (nSPS) is 22.8. The molecule has 20 heavy (non-hydrogen) atoms. The number of hydrogen-bond acceptors (Lipinski definition) is 4. The quantitative estimate of drug-likeness (QED) is 0.893. The zero-order chi connectivity index (χ0) is 14.7. The summed E-state index contributed by atoms with van der Waals surface area (Å²) >= 11 is 0. The van der Waals surface area contributed by atoms with E-state index in [1.807, 2.05) is 30.0 Å². The summed E-state index contributed by atoms with van der Waals surface area (Å²) in [4.78, 5) is 13.4. The summed E-state index contributed by atoms with van der Waals surface area (Å²) in [6.07, 6.45) is 0.906. The van der Waals surface area contributed by atoms with Gasteiger partial charge >= 0.3 is 5.97 Å². The van der Waals surface area contributed by atoms with Gasteiger partial charge in [-0.2, -0.15) is 0 Å². The number of para-hydroxylation sites is 1. The van der Waals surface area contributed by atoms with E-state index >= 15 is 0 Å². The van der Waals surface area contributed by atoms with Crippen molar-refractivity contribution >= 4 is 5.97 Å². The van der Waals surface area contributed by atoms with Crippen molar-refractivity contribution in [2.24, 2.45) is 5.92 Å². The molecular formula is C15H21NO4. The van der Waals surface area contributed by atoms with Crippen molar-refractivity contribution in [2.75, 3.05) is 20.8 Å². The molecule has 1 fully saturated rings. The van der Waals surface area contributed by atoms with Crippen molar-refractivity contribution in [2.45, 2.75) is 25.9 Å². The zero-order valence-electron chi connectivity index (χ0n) is 12.1. The number of carbonyl (C=O) groups is 1. The molecule has 110 valence electrons. The highest BCUT2D eigenvalue weighted by molar-refractivity contribution is 5.74. The van der Waals surface area contributed by atoms with Crippen LogP contribution in [0.5, 0.6) is 11.5 Å². The predicted molar refractivity (Wildman–Crippen MR) is 75.2 cm³/mol. The first-order chi connectivity index (χ1) is 9.58. The van der Waals surface area contributed by atoms with Crippen LogP contribution < -0.4 is 9.47 Å². The summed E-state index contributed by atoms with van der Waals surface area (Å²) in [5, 5.41) is 9.36. The number of carboxylic acid groups (broad SMARTS) is 1. The lowest BCUT2D eigenvalue weighted by Gasteiger charge is -2.24. The number of rotatable bonds is 5. The van der Waals surface area contributed by atoms with Gasteiger partial charge in [-0.1, -0.05) is 19.1 Å². The maximum Gasteiger partial charge on any atom is 0.321 e. The van der Waals surface area contributed by atoms with Crippen LogP contribution in [-0.2, 0) is 11.3 Å². The molecule has 5 nitrogen and oxygen atoms in total. The molecule has 5 heteroatoms. The van der Waals surface area contributed by atoms with Crippen molar-refractivity contribution < 1.29 is 19.4 Å². The van der Waals surface area contributed by atoms with Gasteiger partial charge in [0.2, 0.25) is 0 Å². The summed E-state index contributed by atoms with van der Waals surface area (Å²) in [6, 6.07) is 5.25. The average molecular weight is 279 g/mol. The molecule has 1 saturated heterocycles. The average Bonchev–Trinajstić information content (AvgIpc) is 2.79. The molecule has 2 unspecified atom stereocenters. The largest absolute Gasteiger partial charge is 0.493 e. The maximum atomic E-state index is 11.4. The van der Waals surface area contributed by atoms with E-state index in [9.17, 15) is 9.90 Å². The fraction of sp³-hybridized carbons (Fsp3) is 0.533. The monoisotopic (exact) mass is 279 g/mol. The molecule has 2 rings (SSSR count). The molecule has 2 atom stereocenters. The SMILES string of the molecule is COc1cccc(CN2CCC(C)C2C(=O)O)c1OC. The molecule has 0 saturated carbocycles. The number of ether oxygens (including phenoxy) is 2. The lowest BCUT2D eigenvalue weighted by Crippen LogP contribution is -2.38. The van der Waals surface area contributed by atoms with E-state index in [4.69, 9.17) is 9.47 Å². The minimum Gasteiger partial charge on any atom is -0.493 e. The number of methoxy groups -OCH3 is 2. The van der Waals surface area contributed by atoms with Gasteiger partial charge in [-0.15, -0.1) is 0 Å². The molecule has 1 aliphatic heterocycles. The Kier molecular flexibility index (Phi) is 4.49. The van der Waals surface area contributed by atoms with Crippen molar-refractivity contribution in [3.8, 4) is 11.5 Å². The van der Waals surface area contributed by atoms with Crippen LogP contribution in [-0.4, -0.2) is 42.8 Å². The van der Waals surface area contributed by atoms with Crippen molar-refractivity contribution in [1.29, 1.82) is 0 Å². The van der Waals surface area contributed by atoms with Crippen LogP contribution >= 0.6 is 0 Å². The minimum absolute atomic E-state index is 0.170. The van der Waals surface area contributed by atoms with Gasteiger partial charge in [-0.05, 0) is 24.9 Å². The van der Waals surface area contributed by atoms with E-state index < -0.39 is 12.0 Å². The van der Waals surface area contributed by atoms with Crippen LogP contribution in [0, 0.1) is 5.92 Å². The Balaban J connectivity index is 2.24. The zero-order valence-corrected chi connectivity index (χ0v) is 12.1. The maximum absolute atomic E-state index is 11.4. The third kappa shape index (κ3) is 2.72. The van der Waals surface area contributed by atoms with Crippen molar-refractivity contribution in [3.05, 3.63) is 23.8 Å². The first-order valence-corrected chi connectivity index (χ1v) is 6.75. The van der Waals surface area contributed by atoms with Gasteiger partial charge in [0.15, 0.2) is 11.5 Å². The van der Waals surface area contributed by atoms with Gasteiger partial charge in [-0.25, -0.2) is 0 Å². The summed E-state index contributed by atoms with van der Waals surface area (Å²) in [6.45, 7) is 3.34. The third-order valence-corrected chi connectivity index (χ3v) is 3.91. The van der Waals surface area contributed by atoms with E-state index in [1.165, 1.54) is 0 Å². The lowest BCUT2D eigenvalue weighted by atomic mass is 10.0. The Morgan fingerprint density at radius 3 is 2.75 bits per heavy atom. The number of carboxylic acids is 1. The molecule has 0 amide bonds. The Morgan fingerprint density at radius 1 is 1.40 bits per heavy atom. The topological polar surface area (TPSA) is 59.0 Å². The number of hydrogen-bond donors (Lipinski definition) is 1. The Bertz CT molecular complexity index is 489. The van der Waals surface area contributed by atoms with Gasteiger partial charge in [-0.3, -0.25) is 9.69 Å². The van der Waals surface area contributed by atoms with Gasteiger partial charge in [0.05, 0.1) is 14.2 Å². The molecule has 1 aromatic carbocycles. The minimum atomic E-state index is -0.753. The standard InChI is InChI=1S/C15H21NO4/c1-10-7-8-16(13(10)15(17)18)9-11-5-4-6-12(19-2)14(11)20-3/h4-6,10,13H,7-9H2,1-3H3,(H,17,18). The first kappa shape index (κ1) is 14.7. The number of benzene rings is 1. The second kappa shape index (κ2) is 6.13. The van der Waals surface area contributed by atoms with Crippen LogP contribution in [0.15, 0.2) is 18.2 Å². The van der Waals surface area contributed by atoms with Gasteiger partial charge in [0, 0.05) is 12.1 Å².